The van der Waals surface area contributed by atoms with Gasteiger partial charge in [-0.2, -0.15) is 5.26 Å². The molecule has 4 heteroatoms. The number of nitriles is 1. The molecular weight excluding hydrogens is 597 g/mol. The number of rotatable bonds is 3. The predicted octanol–water partition coefficient (Wildman–Crippen LogP) is 11.5. The molecule has 0 saturated heterocycles. The molecular formula is C45H26N4. The summed E-state index contributed by atoms with van der Waals surface area (Å²) in [6.45, 7) is 8.25. The Kier molecular flexibility index (Phi) is 5.73. The van der Waals surface area contributed by atoms with E-state index >= 15 is 0 Å². The highest BCUT2D eigenvalue weighted by molar-refractivity contribution is 6.12. The van der Waals surface area contributed by atoms with Gasteiger partial charge in [0.25, 0.3) is 0 Å². The van der Waals surface area contributed by atoms with Gasteiger partial charge < -0.3 is 9.13 Å². The van der Waals surface area contributed by atoms with Gasteiger partial charge in [-0.15, -0.1) is 0 Å². The molecule has 226 valence electrons. The Hall–Kier alpha value is -6.88. The van der Waals surface area contributed by atoms with Crippen LogP contribution in [0.25, 0.3) is 82.1 Å². The van der Waals surface area contributed by atoms with Crippen LogP contribution < -0.4 is 0 Å². The molecule has 2 aromatic heterocycles. The SMILES string of the molecule is [C-]#[N+]c1cccc(-c2cc(C#N)cc(-n3c4ccccc4c4cc5c(cc43)-c3ccccc3C5)c2)c1-n1c2ccccc2c2ccccc21. The molecule has 9 aromatic rings. The van der Waals surface area contributed by atoms with E-state index in [-0.39, 0.29) is 0 Å². The first-order valence-corrected chi connectivity index (χ1v) is 16.4. The molecule has 4 nitrogen and oxygen atoms in total. The predicted molar refractivity (Wildman–Crippen MR) is 200 cm³/mol. The first-order chi connectivity index (χ1) is 24.2. The van der Waals surface area contributed by atoms with Gasteiger partial charge in [-0.25, -0.2) is 4.85 Å². The summed E-state index contributed by atoms with van der Waals surface area (Å²) in [6.07, 6.45) is 0.929. The van der Waals surface area contributed by atoms with E-state index in [4.69, 9.17) is 6.57 Å². The fourth-order valence-corrected chi connectivity index (χ4v) is 8.09. The van der Waals surface area contributed by atoms with Crippen LogP contribution in [0.2, 0.25) is 0 Å². The largest absolute Gasteiger partial charge is 0.318 e. The smallest absolute Gasteiger partial charge is 0.211 e. The molecule has 0 amide bonds. The van der Waals surface area contributed by atoms with Crippen molar-refractivity contribution < 1.29 is 0 Å². The standard InChI is InChI=1S/C45H26N4/c1-47-40-17-10-16-34(45(40)49-42-19-8-4-13-35(42)36-14-5-9-20-43(36)49)30-21-28(27-46)22-32(24-30)48-41-18-7-6-15-37(41)39-25-31-23-29-11-2-3-12-33(29)38(31)26-44(39)48/h2-22,24-26H,23H2. The molecule has 49 heavy (non-hydrogen) atoms. The molecule has 0 aliphatic heterocycles. The molecule has 0 atom stereocenters. The summed E-state index contributed by atoms with van der Waals surface area (Å²) < 4.78 is 4.52. The summed E-state index contributed by atoms with van der Waals surface area (Å²) in [6, 6.07) is 53.1. The van der Waals surface area contributed by atoms with Crippen molar-refractivity contribution in [2.45, 2.75) is 6.42 Å². The maximum atomic E-state index is 10.4. The molecule has 7 aromatic carbocycles. The van der Waals surface area contributed by atoms with Crippen LogP contribution in [0.15, 0.2) is 146 Å². The number of hydrogen-bond acceptors (Lipinski definition) is 1. The van der Waals surface area contributed by atoms with E-state index in [0.29, 0.717) is 11.3 Å². The lowest BCUT2D eigenvalue weighted by atomic mass is 9.99. The van der Waals surface area contributed by atoms with Crippen molar-refractivity contribution in [3.8, 4) is 39.7 Å². The van der Waals surface area contributed by atoms with Gasteiger partial charge in [0.1, 0.15) is 0 Å². The zero-order chi connectivity index (χ0) is 32.6. The molecule has 1 aliphatic rings. The van der Waals surface area contributed by atoms with Crippen LogP contribution in [0.5, 0.6) is 0 Å². The molecule has 0 N–H and O–H groups in total. The molecule has 0 bridgehead atoms. The van der Waals surface area contributed by atoms with Crippen LogP contribution in [0.1, 0.15) is 16.7 Å². The number of fused-ring (bicyclic) bond motifs is 9. The van der Waals surface area contributed by atoms with Crippen molar-refractivity contribution in [3.05, 3.63) is 174 Å². The maximum Gasteiger partial charge on any atom is 0.211 e. The fourth-order valence-electron chi connectivity index (χ4n) is 8.09. The van der Waals surface area contributed by atoms with Crippen LogP contribution in [0, 0.1) is 17.9 Å². The number of nitrogens with zero attached hydrogens (tertiary/aromatic N) is 4. The van der Waals surface area contributed by atoms with E-state index in [9.17, 15) is 5.26 Å². The summed E-state index contributed by atoms with van der Waals surface area (Å²) in [7, 11) is 0. The van der Waals surface area contributed by atoms with Gasteiger partial charge in [-0.05, 0) is 88.3 Å². The van der Waals surface area contributed by atoms with Crippen LogP contribution in [-0.4, -0.2) is 9.13 Å². The van der Waals surface area contributed by atoms with Gasteiger partial charge in [-0.1, -0.05) is 97.1 Å². The summed E-state index contributed by atoms with van der Waals surface area (Å²) in [5, 5.41) is 15.1. The van der Waals surface area contributed by atoms with E-state index in [1.165, 1.54) is 33.0 Å². The van der Waals surface area contributed by atoms with E-state index < -0.39 is 0 Å². The second-order valence-electron chi connectivity index (χ2n) is 12.7. The third kappa shape index (κ3) is 3.89. The summed E-state index contributed by atoms with van der Waals surface area (Å²) >= 11 is 0. The first-order valence-electron chi connectivity index (χ1n) is 16.4. The lowest BCUT2D eigenvalue weighted by Crippen LogP contribution is -2.00. The lowest BCUT2D eigenvalue weighted by molar-refractivity contribution is 1.17. The number of hydrogen-bond donors (Lipinski definition) is 0. The second kappa shape index (κ2) is 10.3. The number of aromatic nitrogens is 2. The van der Waals surface area contributed by atoms with Crippen molar-refractivity contribution in [1.82, 2.24) is 9.13 Å². The topological polar surface area (TPSA) is 38.0 Å². The van der Waals surface area contributed by atoms with E-state index in [0.717, 1.165) is 61.8 Å². The van der Waals surface area contributed by atoms with E-state index in [2.05, 4.69) is 129 Å². The third-order valence-corrected chi connectivity index (χ3v) is 10.1. The van der Waals surface area contributed by atoms with E-state index in [1.54, 1.807) is 0 Å². The summed E-state index contributed by atoms with van der Waals surface area (Å²) in [4.78, 5) is 4.03. The van der Waals surface area contributed by atoms with Gasteiger partial charge >= 0.3 is 0 Å². The first kappa shape index (κ1) is 27.3. The van der Waals surface area contributed by atoms with E-state index in [1.807, 2.05) is 36.4 Å². The maximum absolute atomic E-state index is 10.4. The number of para-hydroxylation sites is 4. The third-order valence-electron chi connectivity index (χ3n) is 10.1. The van der Waals surface area contributed by atoms with Crippen LogP contribution in [0.4, 0.5) is 5.69 Å². The zero-order valence-corrected chi connectivity index (χ0v) is 26.4. The monoisotopic (exact) mass is 622 g/mol. The van der Waals surface area contributed by atoms with Gasteiger partial charge in [0.15, 0.2) is 0 Å². The molecule has 10 rings (SSSR count). The number of benzene rings is 7. The Morgan fingerprint density at radius 3 is 1.88 bits per heavy atom. The minimum absolute atomic E-state index is 0.555. The van der Waals surface area contributed by atoms with Gasteiger partial charge in [0.2, 0.25) is 5.69 Å². The van der Waals surface area contributed by atoms with Crippen molar-refractivity contribution >= 4 is 49.3 Å². The Labute approximate surface area is 282 Å². The average molecular weight is 623 g/mol. The Balaban J connectivity index is 1.27. The minimum atomic E-state index is 0.555. The minimum Gasteiger partial charge on any atom is -0.318 e. The molecule has 0 unspecified atom stereocenters. The molecule has 0 fully saturated rings. The molecule has 2 heterocycles. The summed E-state index contributed by atoms with van der Waals surface area (Å²) in [5.41, 5.74) is 14.1. The zero-order valence-electron chi connectivity index (χ0n) is 26.4. The van der Waals surface area contributed by atoms with Gasteiger partial charge in [-0.3, -0.25) is 0 Å². The Bertz CT molecular complexity index is 2890. The normalized spacial score (nSPS) is 12.0. The van der Waals surface area contributed by atoms with Gasteiger partial charge in [0.05, 0.1) is 46.0 Å². The average Bonchev–Trinajstić information content (AvgIpc) is 3.80. The van der Waals surface area contributed by atoms with Crippen molar-refractivity contribution in [1.29, 1.82) is 5.26 Å². The van der Waals surface area contributed by atoms with Crippen LogP contribution in [-0.2, 0) is 6.42 Å². The van der Waals surface area contributed by atoms with Crippen molar-refractivity contribution in [2.24, 2.45) is 0 Å². The molecule has 0 radical (unpaired) electrons. The highest BCUT2D eigenvalue weighted by Gasteiger charge is 2.23. The highest BCUT2D eigenvalue weighted by atomic mass is 15.0. The van der Waals surface area contributed by atoms with Crippen molar-refractivity contribution in [2.75, 3.05) is 0 Å². The molecule has 1 aliphatic carbocycles. The quantitative estimate of drug-likeness (QED) is 0.181. The molecule has 0 saturated carbocycles. The lowest BCUT2D eigenvalue weighted by Gasteiger charge is -2.18. The van der Waals surface area contributed by atoms with Crippen LogP contribution in [0.3, 0.4) is 0 Å². The van der Waals surface area contributed by atoms with Crippen LogP contribution >= 0.6 is 0 Å². The van der Waals surface area contributed by atoms with Crippen molar-refractivity contribution in [3.63, 3.8) is 0 Å². The van der Waals surface area contributed by atoms with Gasteiger partial charge in [0, 0.05) is 27.2 Å². The highest BCUT2D eigenvalue weighted by Crippen LogP contribution is 2.44. The fraction of sp³-hybridized carbons (Fsp3) is 0.0222. The Morgan fingerprint density at radius 2 is 1.16 bits per heavy atom. The summed E-state index contributed by atoms with van der Waals surface area (Å²) in [5.74, 6) is 0. The molecule has 0 spiro atoms. The second-order valence-corrected chi connectivity index (χ2v) is 12.7. The Morgan fingerprint density at radius 1 is 0.531 bits per heavy atom.